The van der Waals surface area contributed by atoms with Crippen molar-refractivity contribution in [3.8, 4) is 0 Å². The molecule has 2 aliphatic rings. The Morgan fingerprint density at radius 2 is 2.16 bits per heavy atom. The second-order valence-corrected chi connectivity index (χ2v) is 11.2. The van der Waals surface area contributed by atoms with Gasteiger partial charge in [-0.1, -0.05) is 5.16 Å². The number of anilines is 1. The van der Waals surface area contributed by atoms with E-state index in [0.29, 0.717) is 29.8 Å². The summed E-state index contributed by atoms with van der Waals surface area (Å²) in [6.45, 7) is 2.64. The number of carboxylic acids is 1. The maximum atomic E-state index is 13.2. The Morgan fingerprint density at radius 3 is 2.86 bits per heavy atom. The summed E-state index contributed by atoms with van der Waals surface area (Å²) < 4.78 is 7.38. The third-order valence-corrected chi connectivity index (χ3v) is 8.35. The van der Waals surface area contributed by atoms with Gasteiger partial charge in [0.2, 0.25) is 23.8 Å². The number of carbonyl (C=O) groups is 4. The molecule has 19 heteroatoms. The van der Waals surface area contributed by atoms with Gasteiger partial charge in [0, 0.05) is 35.9 Å². The van der Waals surface area contributed by atoms with E-state index < -0.39 is 29.2 Å². The van der Waals surface area contributed by atoms with Crippen LogP contribution in [0.25, 0.3) is 11.2 Å². The van der Waals surface area contributed by atoms with E-state index in [4.69, 9.17) is 16.3 Å². The van der Waals surface area contributed by atoms with Gasteiger partial charge in [-0.3, -0.25) is 23.9 Å². The van der Waals surface area contributed by atoms with E-state index in [1.807, 2.05) is 0 Å². The summed E-state index contributed by atoms with van der Waals surface area (Å²) in [5, 5.41) is 20.8. The number of carboxylic acid groups (broad SMARTS) is 1. The molecule has 2 unspecified atom stereocenters. The quantitative estimate of drug-likeness (QED) is 0.0666. The van der Waals surface area contributed by atoms with Crippen molar-refractivity contribution in [1.29, 1.82) is 0 Å². The fourth-order valence-corrected chi connectivity index (χ4v) is 6.38. The zero-order chi connectivity index (χ0) is 30.7. The van der Waals surface area contributed by atoms with E-state index in [0.717, 1.165) is 16.4 Å². The molecule has 3 amide bonds. The Hall–Kier alpha value is -4.62. The fourth-order valence-electron chi connectivity index (χ4n) is 4.61. The lowest BCUT2D eigenvalue weighted by atomic mass is 10.0. The van der Waals surface area contributed by atoms with Gasteiger partial charge in [0.25, 0.3) is 11.8 Å². The second kappa shape index (κ2) is 12.7. The molecule has 1 fully saturated rings. The lowest BCUT2D eigenvalue weighted by molar-refractivity contribution is -0.664. The molecular formula is C24H27N11O6S2. The standard InChI is InChI=1S/C24H27N11O6S2/c1-2-41-31-15(18-30-24(26)43-32-18)20(37)29-16-21(38)35-17(23(39)40)12(10-42-22(16)35)8-33-7-3-4-13-19(33)28-11-34(13)9-14(36)27-6-5-25/h3-4,7,11,16,22H,2,5-6,8-10,25H2,1H3,(H4-,26,27,29,30,32,36,37,39,40)/b31-15+. The van der Waals surface area contributed by atoms with Crippen LogP contribution >= 0.6 is 23.3 Å². The summed E-state index contributed by atoms with van der Waals surface area (Å²) >= 11 is 2.16. The number of thioether (sulfide) groups is 1. The molecule has 3 aromatic heterocycles. The number of carbonyl (C=O) groups excluding carboxylic acids is 4. The third kappa shape index (κ3) is 5.99. The highest BCUT2D eigenvalue weighted by atomic mass is 32.2. The van der Waals surface area contributed by atoms with E-state index in [-0.39, 0.29) is 53.7 Å². The summed E-state index contributed by atoms with van der Waals surface area (Å²) in [6.07, 6.45) is 3.25. The molecule has 2 atom stereocenters. The highest BCUT2D eigenvalue weighted by Gasteiger charge is 2.53. The van der Waals surface area contributed by atoms with Gasteiger partial charge in [0.1, 0.15) is 36.6 Å². The minimum atomic E-state index is -1.52. The van der Waals surface area contributed by atoms with Crippen molar-refractivity contribution in [3.05, 3.63) is 41.8 Å². The van der Waals surface area contributed by atoms with Gasteiger partial charge < -0.3 is 36.8 Å². The maximum absolute atomic E-state index is 13.2. The normalized spacial score (nSPS) is 18.3. The molecule has 0 bridgehead atoms. The number of amides is 3. The third-order valence-electron chi connectivity index (χ3n) is 6.47. The van der Waals surface area contributed by atoms with Crippen LogP contribution < -0.4 is 31.8 Å². The first-order chi connectivity index (χ1) is 20.7. The molecule has 0 aliphatic carbocycles. The lowest BCUT2D eigenvalue weighted by Gasteiger charge is -2.50. The van der Waals surface area contributed by atoms with E-state index in [1.54, 1.807) is 34.4 Å². The molecule has 5 rings (SSSR count). The predicted molar refractivity (Wildman–Crippen MR) is 152 cm³/mol. The van der Waals surface area contributed by atoms with Crippen LogP contribution in [0.3, 0.4) is 0 Å². The van der Waals surface area contributed by atoms with Crippen molar-refractivity contribution >= 4 is 69.0 Å². The molecule has 0 aromatic carbocycles. The van der Waals surface area contributed by atoms with Crippen molar-refractivity contribution in [1.82, 2.24) is 34.4 Å². The second-order valence-electron chi connectivity index (χ2n) is 9.27. The van der Waals surface area contributed by atoms with E-state index in [2.05, 4.69) is 30.1 Å². The van der Waals surface area contributed by atoms with Crippen molar-refractivity contribution in [3.63, 3.8) is 0 Å². The van der Waals surface area contributed by atoms with Crippen LogP contribution in [0.2, 0.25) is 0 Å². The van der Waals surface area contributed by atoms with Crippen LogP contribution in [-0.4, -0.2) is 90.1 Å². The molecule has 43 heavy (non-hydrogen) atoms. The van der Waals surface area contributed by atoms with Gasteiger partial charge in [0.15, 0.2) is 5.13 Å². The number of nitrogens with one attached hydrogen (secondary N) is 2. The van der Waals surface area contributed by atoms with Crippen LogP contribution in [0, 0.1) is 0 Å². The molecule has 0 radical (unpaired) electrons. The first-order valence-electron chi connectivity index (χ1n) is 13.0. The zero-order valence-corrected chi connectivity index (χ0v) is 24.4. The maximum Gasteiger partial charge on any atom is 0.349 e. The Kier molecular flexibility index (Phi) is 8.83. The predicted octanol–water partition coefficient (Wildman–Crippen LogP) is -3.32. The average Bonchev–Trinajstić information content (AvgIpc) is 3.61. The molecule has 226 valence electrons. The zero-order valence-electron chi connectivity index (χ0n) is 22.8. The summed E-state index contributed by atoms with van der Waals surface area (Å²) in [5.74, 6) is -2.97. The number of hydrogen-bond donors (Lipinski definition) is 4. The highest BCUT2D eigenvalue weighted by molar-refractivity contribution is 8.00. The Bertz CT molecular complexity index is 1650. The Morgan fingerprint density at radius 1 is 1.35 bits per heavy atom. The van der Waals surface area contributed by atoms with E-state index in [9.17, 15) is 24.3 Å². The van der Waals surface area contributed by atoms with Gasteiger partial charge in [0.05, 0.1) is 17.9 Å². The molecule has 17 nitrogen and oxygen atoms in total. The smallest absolute Gasteiger partial charge is 0.349 e. The first kappa shape index (κ1) is 29.9. The SMILES string of the molecule is CCO/N=C(/C(=O)NC1C(=O)N2C(C(=O)[O-])=C(C[n+]3cccc4c3ncn4CC(=O)NCCN)CSC12)c1nsc(N)n1. The van der Waals surface area contributed by atoms with Crippen LogP contribution in [0.5, 0.6) is 0 Å². The van der Waals surface area contributed by atoms with Crippen molar-refractivity contribution in [2.24, 2.45) is 10.9 Å². The topological polar surface area (TPSA) is 240 Å². The molecule has 5 heterocycles. The van der Waals surface area contributed by atoms with Crippen molar-refractivity contribution < 1.29 is 33.7 Å². The summed E-state index contributed by atoms with van der Waals surface area (Å²) in [5.41, 5.74) is 12.1. The number of fused-ring (bicyclic) bond motifs is 2. The van der Waals surface area contributed by atoms with E-state index >= 15 is 0 Å². The first-order valence-corrected chi connectivity index (χ1v) is 14.8. The summed E-state index contributed by atoms with van der Waals surface area (Å²) in [6, 6.07) is 2.51. The molecule has 0 saturated carbocycles. The highest BCUT2D eigenvalue weighted by Crippen LogP contribution is 2.40. The van der Waals surface area contributed by atoms with Crippen LogP contribution in [-0.2, 0) is 37.1 Å². The summed E-state index contributed by atoms with van der Waals surface area (Å²) in [4.78, 5) is 65.3. The van der Waals surface area contributed by atoms with Gasteiger partial charge in [-0.05, 0) is 24.0 Å². The minimum absolute atomic E-state index is 0.0311. The number of nitrogen functional groups attached to an aromatic ring is 1. The number of oxime groups is 1. The number of rotatable bonds is 12. The lowest BCUT2D eigenvalue weighted by Crippen LogP contribution is -2.71. The van der Waals surface area contributed by atoms with Crippen molar-refractivity contribution in [2.75, 3.05) is 31.2 Å². The number of hydrogen-bond acceptors (Lipinski definition) is 14. The number of β-lactam (4-membered cyclic amide) rings is 1. The van der Waals surface area contributed by atoms with E-state index in [1.165, 1.54) is 18.1 Å². The Labute approximate surface area is 252 Å². The van der Waals surface area contributed by atoms with Crippen LogP contribution in [0.15, 0.2) is 41.1 Å². The molecule has 2 aliphatic heterocycles. The van der Waals surface area contributed by atoms with Crippen LogP contribution in [0.4, 0.5) is 5.13 Å². The number of nitrogens with two attached hydrogens (primary N) is 2. The van der Waals surface area contributed by atoms with Gasteiger partial charge in [-0.15, -0.1) is 11.8 Å². The minimum Gasteiger partial charge on any atom is -0.543 e. The number of imidazole rings is 1. The average molecular weight is 630 g/mol. The van der Waals surface area contributed by atoms with Gasteiger partial charge in [-0.2, -0.15) is 9.36 Å². The number of pyridine rings is 1. The number of aliphatic carboxylic acids is 1. The van der Waals surface area contributed by atoms with Crippen LogP contribution in [0.1, 0.15) is 12.7 Å². The van der Waals surface area contributed by atoms with Gasteiger partial charge in [-0.25, -0.2) is 4.57 Å². The summed E-state index contributed by atoms with van der Waals surface area (Å²) in [7, 11) is 0. The molecule has 1 saturated heterocycles. The van der Waals surface area contributed by atoms with Gasteiger partial charge >= 0.3 is 5.65 Å². The molecule has 0 spiro atoms. The Balaban J connectivity index is 1.35. The monoisotopic (exact) mass is 629 g/mol. The number of nitrogens with zero attached hydrogens (tertiary/aromatic N) is 7. The number of aromatic nitrogens is 5. The molecule has 3 aromatic rings. The van der Waals surface area contributed by atoms with Crippen molar-refractivity contribution in [2.45, 2.75) is 31.4 Å². The largest absolute Gasteiger partial charge is 0.543 e. The molecule has 6 N–H and O–H groups in total. The molecular weight excluding hydrogens is 602 g/mol. The fraction of sp³-hybridized carbons (Fsp3) is 0.375.